The second-order valence-electron chi connectivity index (χ2n) is 7.05. The van der Waals surface area contributed by atoms with Crippen LogP contribution in [0.5, 0.6) is 0 Å². The molecule has 0 radical (unpaired) electrons. The van der Waals surface area contributed by atoms with Crippen LogP contribution in [0.4, 0.5) is 0 Å². The lowest BCUT2D eigenvalue weighted by Crippen LogP contribution is -2.28. The molecule has 166 valence electrons. The minimum atomic E-state index is -0.501. The highest BCUT2D eigenvalue weighted by Gasteiger charge is 2.17. The summed E-state index contributed by atoms with van der Waals surface area (Å²) < 4.78 is 7.02. The van der Waals surface area contributed by atoms with Crippen molar-refractivity contribution in [2.75, 3.05) is 12.4 Å². The van der Waals surface area contributed by atoms with Gasteiger partial charge < -0.3 is 10.1 Å². The number of para-hydroxylation sites is 1. The number of hydrogen-bond donors (Lipinski definition) is 1. The first-order chi connectivity index (χ1) is 16.2. The summed E-state index contributed by atoms with van der Waals surface area (Å²) in [6.07, 6.45) is 0. The normalized spacial score (nSPS) is 10.5. The molecule has 0 fully saturated rings. The van der Waals surface area contributed by atoms with Crippen molar-refractivity contribution < 1.29 is 14.3 Å². The molecular weight excluding hydrogens is 436 g/mol. The maximum absolute atomic E-state index is 12.2. The van der Waals surface area contributed by atoms with E-state index in [1.54, 1.807) is 0 Å². The second kappa shape index (κ2) is 11.1. The number of benzene rings is 3. The van der Waals surface area contributed by atoms with E-state index < -0.39 is 5.97 Å². The Hall–Kier alpha value is -3.91. The van der Waals surface area contributed by atoms with Gasteiger partial charge in [0.25, 0.3) is 5.91 Å². The van der Waals surface area contributed by atoms with E-state index in [4.69, 9.17) is 4.74 Å². The molecule has 33 heavy (non-hydrogen) atoms. The molecule has 0 atom stereocenters. The molecule has 4 aromatic rings. The van der Waals surface area contributed by atoms with E-state index in [0.29, 0.717) is 17.5 Å². The van der Waals surface area contributed by atoms with E-state index in [-0.39, 0.29) is 18.3 Å². The molecular formula is C25H22N4O3S. The van der Waals surface area contributed by atoms with Crippen LogP contribution in [-0.4, -0.2) is 39.0 Å². The molecule has 1 N–H and O–H groups in total. The van der Waals surface area contributed by atoms with Crippen molar-refractivity contribution in [3.05, 3.63) is 96.6 Å². The number of nitrogens with one attached hydrogen (secondary N) is 1. The number of nitrogens with zero attached hydrogens (tertiary/aromatic N) is 3. The Balaban J connectivity index is 1.36. The number of hydrogen-bond acceptors (Lipinski definition) is 6. The minimum Gasteiger partial charge on any atom is -0.455 e. The molecule has 1 aromatic heterocycles. The quantitative estimate of drug-likeness (QED) is 0.303. The van der Waals surface area contributed by atoms with Gasteiger partial charge in [-0.05, 0) is 17.7 Å². The first-order valence-electron chi connectivity index (χ1n) is 10.4. The van der Waals surface area contributed by atoms with Crippen LogP contribution in [0.25, 0.3) is 17.1 Å². The van der Waals surface area contributed by atoms with Gasteiger partial charge >= 0.3 is 5.97 Å². The third kappa shape index (κ3) is 6.08. The smallest absolute Gasteiger partial charge is 0.316 e. The molecule has 0 aliphatic heterocycles. The van der Waals surface area contributed by atoms with Crippen molar-refractivity contribution in [1.82, 2.24) is 20.1 Å². The van der Waals surface area contributed by atoms with Gasteiger partial charge in [0, 0.05) is 17.8 Å². The van der Waals surface area contributed by atoms with Crippen molar-refractivity contribution in [3.63, 3.8) is 0 Å². The summed E-state index contributed by atoms with van der Waals surface area (Å²) >= 11 is 1.21. The molecule has 0 aliphatic rings. The van der Waals surface area contributed by atoms with Gasteiger partial charge in [0.15, 0.2) is 17.6 Å². The van der Waals surface area contributed by atoms with Crippen molar-refractivity contribution in [1.29, 1.82) is 0 Å². The summed E-state index contributed by atoms with van der Waals surface area (Å²) in [5.74, 6) is -0.168. The van der Waals surface area contributed by atoms with Crippen molar-refractivity contribution in [2.45, 2.75) is 11.7 Å². The lowest BCUT2D eigenvalue weighted by molar-refractivity contribution is -0.145. The molecule has 0 saturated heterocycles. The van der Waals surface area contributed by atoms with Crippen LogP contribution in [0.2, 0.25) is 0 Å². The Labute approximate surface area is 195 Å². The average Bonchev–Trinajstić information content (AvgIpc) is 3.30. The van der Waals surface area contributed by atoms with Crippen molar-refractivity contribution in [2.24, 2.45) is 0 Å². The topological polar surface area (TPSA) is 86.1 Å². The summed E-state index contributed by atoms with van der Waals surface area (Å²) in [4.78, 5) is 24.2. The molecule has 0 saturated carbocycles. The van der Waals surface area contributed by atoms with Crippen LogP contribution < -0.4 is 5.32 Å². The second-order valence-corrected chi connectivity index (χ2v) is 8.00. The number of rotatable bonds is 9. The van der Waals surface area contributed by atoms with Crippen LogP contribution in [0.3, 0.4) is 0 Å². The highest BCUT2D eigenvalue weighted by atomic mass is 32.2. The Bertz CT molecular complexity index is 1200. The fourth-order valence-corrected chi connectivity index (χ4v) is 3.86. The summed E-state index contributed by atoms with van der Waals surface area (Å²) in [7, 11) is 0. The zero-order valence-corrected chi connectivity index (χ0v) is 18.6. The minimum absolute atomic E-state index is 0.00568. The number of carbonyl (C=O) groups excluding carboxylic acids is 2. The fourth-order valence-electron chi connectivity index (χ4n) is 3.11. The molecule has 8 heteroatoms. The summed E-state index contributed by atoms with van der Waals surface area (Å²) in [6, 6.07) is 29.0. The first-order valence-corrected chi connectivity index (χ1v) is 11.3. The number of amides is 1. The average molecular weight is 459 g/mol. The fraction of sp³-hybridized carbons (Fsp3) is 0.120. The Morgan fingerprint density at radius 1 is 0.848 bits per heavy atom. The standard InChI is InChI=1S/C25H22N4O3S/c30-22(26-16-19-10-4-1-5-11-19)17-32-23(31)18-33-25-28-27-24(20-12-6-2-7-13-20)29(25)21-14-8-3-9-15-21/h1-15H,16-18H2,(H,26,30). The maximum atomic E-state index is 12.2. The molecule has 1 heterocycles. The van der Waals surface area contributed by atoms with E-state index in [1.807, 2.05) is 95.6 Å². The number of thioether (sulfide) groups is 1. The van der Waals surface area contributed by atoms with Gasteiger partial charge in [0.1, 0.15) is 0 Å². The number of carbonyl (C=O) groups is 2. The highest BCUT2D eigenvalue weighted by molar-refractivity contribution is 7.99. The highest BCUT2D eigenvalue weighted by Crippen LogP contribution is 2.27. The van der Waals surface area contributed by atoms with Gasteiger partial charge in [-0.25, -0.2) is 0 Å². The van der Waals surface area contributed by atoms with Gasteiger partial charge in [-0.3, -0.25) is 14.2 Å². The molecule has 0 spiro atoms. The van der Waals surface area contributed by atoms with Gasteiger partial charge in [0.2, 0.25) is 0 Å². The van der Waals surface area contributed by atoms with Gasteiger partial charge in [0.05, 0.1) is 5.75 Å². The van der Waals surface area contributed by atoms with Crippen LogP contribution >= 0.6 is 11.8 Å². The first kappa shape index (κ1) is 22.3. The predicted octanol–water partition coefficient (Wildman–Crippen LogP) is 3.89. The molecule has 3 aromatic carbocycles. The Kier molecular flexibility index (Phi) is 7.50. The van der Waals surface area contributed by atoms with Crippen LogP contribution in [-0.2, 0) is 20.9 Å². The summed E-state index contributed by atoms with van der Waals surface area (Å²) in [5.41, 5.74) is 2.78. The van der Waals surface area contributed by atoms with Crippen LogP contribution in [0.15, 0.2) is 96.2 Å². The van der Waals surface area contributed by atoms with Crippen molar-refractivity contribution in [3.8, 4) is 17.1 Å². The molecule has 0 bridgehead atoms. The van der Waals surface area contributed by atoms with Crippen molar-refractivity contribution >= 4 is 23.6 Å². The SMILES string of the molecule is O=C(COC(=O)CSc1nnc(-c2ccccc2)n1-c1ccccc1)NCc1ccccc1. The number of aromatic nitrogens is 3. The lowest BCUT2D eigenvalue weighted by atomic mass is 10.2. The molecule has 0 unspecified atom stereocenters. The zero-order chi connectivity index (χ0) is 22.9. The van der Waals surface area contributed by atoms with E-state index >= 15 is 0 Å². The summed E-state index contributed by atoms with van der Waals surface area (Å²) in [5, 5.41) is 11.9. The maximum Gasteiger partial charge on any atom is 0.316 e. The third-order valence-electron chi connectivity index (χ3n) is 4.70. The molecule has 0 aliphatic carbocycles. The van der Waals surface area contributed by atoms with Gasteiger partial charge in [-0.2, -0.15) is 0 Å². The molecule has 4 rings (SSSR count). The van der Waals surface area contributed by atoms with Gasteiger partial charge in [-0.1, -0.05) is 90.6 Å². The van der Waals surface area contributed by atoms with E-state index in [0.717, 1.165) is 16.8 Å². The Morgan fingerprint density at radius 3 is 2.18 bits per heavy atom. The largest absolute Gasteiger partial charge is 0.455 e. The zero-order valence-electron chi connectivity index (χ0n) is 17.8. The third-order valence-corrected chi connectivity index (χ3v) is 5.60. The Morgan fingerprint density at radius 2 is 1.48 bits per heavy atom. The van der Waals surface area contributed by atoms with Crippen LogP contribution in [0, 0.1) is 0 Å². The monoisotopic (exact) mass is 458 g/mol. The number of esters is 1. The summed E-state index contributed by atoms with van der Waals surface area (Å²) in [6.45, 7) is 0.0568. The van der Waals surface area contributed by atoms with E-state index in [2.05, 4.69) is 15.5 Å². The number of ether oxygens (including phenoxy) is 1. The van der Waals surface area contributed by atoms with E-state index in [9.17, 15) is 9.59 Å². The van der Waals surface area contributed by atoms with Crippen LogP contribution in [0.1, 0.15) is 5.56 Å². The molecule has 1 amide bonds. The van der Waals surface area contributed by atoms with E-state index in [1.165, 1.54) is 11.8 Å². The molecule has 7 nitrogen and oxygen atoms in total. The van der Waals surface area contributed by atoms with Gasteiger partial charge in [-0.15, -0.1) is 10.2 Å². The lowest BCUT2D eigenvalue weighted by Gasteiger charge is -2.10. The predicted molar refractivity (Wildman–Crippen MR) is 127 cm³/mol.